The van der Waals surface area contributed by atoms with E-state index in [9.17, 15) is 25.9 Å². The summed E-state index contributed by atoms with van der Waals surface area (Å²) in [5, 5.41) is 7.89. The molecule has 0 spiro atoms. The fraction of sp³-hybridized carbons (Fsp3) is 0.0435. The van der Waals surface area contributed by atoms with Crippen LogP contribution in [0, 0.1) is 0 Å². The summed E-state index contributed by atoms with van der Waals surface area (Å²) < 4.78 is 73.3. The first kappa shape index (κ1) is 44.5. The summed E-state index contributed by atoms with van der Waals surface area (Å²) in [6.07, 6.45) is 1.11. The van der Waals surface area contributed by atoms with Gasteiger partial charge in [-0.2, -0.15) is 0 Å². The number of fused-ring (bicyclic) bond motifs is 2. The predicted molar refractivity (Wildman–Crippen MR) is 228 cm³/mol. The fourth-order valence-corrected chi connectivity index (χ4v) is 13.2. The van der Waals surface area contributed by atoms with Crippen LogP contribution in [0.3, 0.4) is 0 Å². The molecular weight excluding hydrogens is 821 g/mol. The average molecular weight is 855 g/mol. The van der Waals surface area contributed by atoms with Gasteiger partial charge in [0.2, 0.25) is 0 Å². The molecule has 0 fully saturated rings. The molecule has 0 saturated heterocycles. The largest absolute Gasteiger partial charge is 1.00 e. The molecular formula is C46H34Na2O6P2S2. The van der Waals surface area contributed by atoms with Crippen molar-refractivity contribution < 1.29 is 85.1 Å². The Hall–Kier alpha value is -3.04. The van der Waals surface area contributed by atoms with Gasteiger partial charge >= 0.3 is 59.1 Å². The molecule has 0 aliphatic heterocycles. The molecule has 12 heteroatoms. The van der Waals surface area contributed by atoms with Gasteiger partial charge in [0.15, 0.2) is 0 Å². The molecule has 0 saturated carbocycles. The number of rotatable bonds is 11. The van der Waals surface area contributed by atoms with Crippen molar-refractivity contribution in [2.24, 2.45) is 0 Å². The zero-order valence-corrected chi connectivity index (χ0v) is 39.3. The Labute approximate surface area is 386 Å². The molecule has 0 aromatic heterocycles. The van der Waals surface area contributed by atoms with Gasteiger partial charge < -0.3 is 9.11 Å². The maximum Gasteiger partial charge on any atom is 1.00 e. The minimum Gasteiger partial charge on any atom is -0.744 e. The normalized spacial score (nSPS) is 12.7. The first-order valence-corrected chi connectivity index (χ1v) is 23.7. The van der Waals surface area contributed by atoms with Crippen LogP contribution in [-0.4, -0.2) is 25.9 Å². The number of benzene rings is 8. The molecule has 58 heavy (non-hydrogen) atoms. The Bertz CT molecular complexity index is 2750. The van der Waals surface area contributed by atoms with Gasteiger partial charge in [-0.1, -0.05) is 158 Å². The third-order valence-electron chi connectivity index (χ3n) is 9.91. The Morgan fingerprint density at radius 3 is 1.10 bits per heavy atom. The van der Waals surface area contributed by atoms with Crippen molar-refractivity contribution in [3.8, 4) is 11.1 Å². The Balaban J connectivity index is 0.00000283. The molecule has 8 rings (SSSR count). The van der Waals surface area contributed by atoms with Crippen LogP contribution in [0.4, 0.5) is 0 Å². The number of hydrogen-bond donors (Lipinski definition) is 0. The van der Waals surface area contributed by atoms with E-state index >= 15 is 0 Å². The van der Waals surface area contributed by atoms with Gasteiger partial charge in [0.1, 0.15) is 20.2 Å². The van der Waals surface area contributed by atoms with E-state index < -0.39 is 36.1 Å². The van der Waals surface area contributed by atoms with Crippen molar-refractivity contribution >= 4 is 78.8 Å². The second-order valence-electron chi connectivity index (χ2n) is 13.4. The molecule has 6 nitrogen and oxygen atoms in total. The molecule has 0 heterocycles. The van der Waals surface area contributed by atoms with Crippen molar-refractivity contribution in [3.63, 3.8) is 0 Å². The summed E-state index contributed by atoms with van der Waals surface area (Å²) in [6, 6.07) is 58.0. The summed E-state index contributed by atoms with van der Waals surface area (Å²) in [5.74, 6) is 0. The first-order valence-electron chi connectivity index (χ1n) is 17.8. The van der Waals surface area contributed by atoms with Gasteiger partial charge in [0.05, 0.1) is 9.79 Å². The maximum atomic E-state index is 12.2. The van der Waals surface area contributed by atoms with Gasteiger partial charge in [-0.3, -0.25) is 0 Å². The second-order valence-corrected chi connectivity index (χ2v) is 20.6. The molecule has 0 radical (unpaired) electrons. The van der Waals surface area contributed by atoms with Crippen LogP contribution in [-0.2, 0) is 32.6 Å². The van der Waals surface area contributed by atoms with Crippen molar-refractivity contribution in [2.75, 3.05) is 0 Å². The SMILES string of the molecule is O=S(=O)([O-])c1cccc(P(Cc2ccc3ccccc3c2-c2c(CP(c3ccccc3)c3cccc(S(=O)(=O)[O-])c3)ccc3ccccc23)c2ccccc2)c1.[Na+].[Na+]. The van der Waals surface area contributed by atoms with E-state index in [1.165, 1.54) is 24.3 Å². The molecule has 0 amide bonds. The summed E-state index contributed by atoms with van der Waals surface area (Å²) >= 11 is 0. The molecule has 2 atom stereocenters. The van der Waals surface area contributed by atoms with Gasteiger partial charge in [-0.05, 0) is 105 Å². The van der Waals surface area contributed by atoms with Gasteiger partial charge in [0, 0.05) is 12.3 Å². The van der Waals surface area contributed by atoms with Crippen molar-refractivity contribution in [1.82, 2.24) is 0 Å². The van der Waals surface area contributed by atoms with E-state index in [2.05, 4.69) is 72.8 Å². The average Bonchev–Trinajstić information content (AvgIpc) is 3.22. The third kappa shape index (κ3) is 9.77. The smallest absolute Gasteiger partial charge is 0.744 e. The maximum absolute atomic E-state index is 12.2. The quantitative estimate of drug-likeness (QED) is 0.113. The fourth-order valence-electron chi connectivity index (χ4n) is 7.32. The molecule has 8 aromatic carbocycles. The third-order valence-corrected chi connectivity index (χ3v) is 16.5. The molecule has 8 aromatic rings. The van der Waals surface area contributed by atoms with Crippen LogP contribution in [0.5, 0.6) is 0 Å². The van der Waals surface area contributed by atoms with E-state index in [0.29, 0.717) is 12.3 Å². The molecule has 0 N–H and O–H groups in total. The minimum absolute atomic E-state index is 0. The zero-order chi connectivity index (χ0) is 38.9. The summed E-state index contributed by atoms with van der Waals surface area (Å²) in [6.45, 7) is 0. The summed E-state index contributed by atoms with van der Waals surface area (Å²) in [4.78, 5) is -0.506. The van der Waals surface area contributed by atoms with E-state index in [4.69, 9.17) is 0 Å². The zero-order valence-electron chi connectivity index (χ0n) is 31.9. The molecule has 0 bridgehead atoms. The van der Waals surface area contributed by atoms with Crippen LogP contribution < -0.4 is 80.3 Å². The van der Waals surface area contributed by atoms with Crippen LogP contribution in [0.1, 0.15) is 11.1 Å². The van der Waals surface area contributed by atoms with Crippen molar-refractivity contribution in [2.45, 2.75) is 22.1 Å². The minimum atomic E-state index is -4.68. The Morgan fingerprint density at radius 2 is 0.724 bits per heavy atom. The van der Waals surface area contributed by atoms with E-state index in [-0.39, 0.29) is 68.9 Å². The molecule has 278 valence electrons. The summed E-state index contributed by atoms with van der Waals surface area (Å²) in [5.41, 5.74) is 4.25. The summed E-state index contributed by atoms with van der Waals surface area (Å²) in [7, 11) is -11.8. The molecule has 0 aliphatic rings. The van der Waals surface area contributed by atoms with Crippen LogP contribution in [0.25, 0.3) is 32.7 Å². The van der Waals surface area contributed by atoms with Gasteiger partial charge in [0.25, 0.3) is 0 Å². The Morgan fingerprint density at radius 1 is 0.379 bits per heavy atom. The molecule has 0 aliphatic carbocycles. The van der Waals surface area contributed by atoms with Gasteiger partial charge in [-0.15, -0.1) is 0 Å². The van der Waals surface area contributed by atoms with E-state index in [1.807, 2.05) is 72.8 Å². The molecule has 2 unspecified atom stereocenters. The van der Waals surface area contributed by atoms with Crippen molar-refractivity contribution in [1.29, 1.82) is 0 Å². The standard InChI is InChI=1S/C46H36O6P2S2.2Na/c47-55(48,49)41-21-11-19-39(29-41)53(37-15-3-1-4-16-37)31-35-27-25-33-13-7-9-23-43(33)45(35)46-36(28-26-34-14-8-10-24-44(34)46)32-54(38-17-5-2-6-18-38)40-20-12-22-42(30-40)56(50,51)52;;/h1-30H,31-32H2,(H,47,48,49)(H,50,51,52);;/q;2*+1/p-2. The topological polar surface area (TPSA) is 114 Å². The predicted octanol–water partition coefficient (Wildman–Crippen LogP) is 2.74. The number of hydrogen-bond acceptors (Lipinski definition) is 6. The van der Waals surface area contributed by atoms with Crippen LogP contribution >= 0.6 is 15.8 Å². The van der Waals surface area contributed by atoms with Gasteiger partial charge in [-0.25, -0.2) is 16.8 Å². The van der Waals surface area contributed by atoms with Crippen molar-refractivity contribution in [3.05, 3.63) is 193 Å². The Kier molecular flexibility index (Phi) is 14.7. The van der Waals surface area contributed by atoms with Crippen LogP contribution in [0.15, 0.2) is 192 Å². The van der Waals surface area contributed by atoms with E-state index in [0.717, 1.165) is 65.0 Å². The first-order chi connectivity index (χ1) is 27.0. The van der Waals surface area contributed by atoms with Crippen LogP contribution in [0.2, 0.25) is 0 Å². The second kappa shape index (κ2) is 19.1. The monoisotopic (exact) mass is 854 g/mol. The van der Waals surface area contributed by atoms with E-state index in [1.54, 1.807) is 12.1 Å².